The van der Waals surface area contributed by atoms with Crippen LogP contribution in [0, 0.1) is 0 Å². The average molecular weight is 356 g/mol. The van der Waals surface area contributed by atoms with Gasteiger partial charge in [-0.25, -0.2) is 12.7 Å². The molecule has 0 aromatic heterocycles. The van der Waals surface area contributed by atoms with E-state index >= 15 is 0 Å². The molecule has 0 unspecified atom stereocenters. The number of hydrogen-bond acceptors (Lipinski definition) is 4. The molecule has 7 heteroatoms. The first-order valence-electron chi connectivity index (χ1n) is 8.26. The van der Waals surface area contributed by atoms with Crippen LogP contribution in [0.5, 0.6) is 0 Å². The molecule has 0 radical (unpaired) electrons. The highest BCUT2D eigenvalue weighted by atomic mass is 32.2. The summed E-state index contributed by atoms with van der Waals surface area (Å²) in [5.74, 6) is -0.184. The molecule has 0 aliphatic heterocycles. The second-order valence-corrected chi connectivity index (χ2v) is 8.09. The Morgan fingerprint density at radius 2 is 1.71 bits per heavy atom. The van der Waals surface area contributed by atoms with E-state index in [1.807, 2.05) is 43.3 Å². The lowest BCUT2D eigenvalue weighted by atomic mass is 10.2. The monoisotopic (exact) mass is 355 g/mol. The molecule has 0 atom stereocenters. The smallest absolute Gasteiger partial charge is 0.225 e. The Morgan fingerprint density at radius 1 is 1.08 bits per heavy atom. The van der Waals surface area contributed by atoms with E-state index in [-0.39, 0.29) is 18.9 Å². The normalized spacial score (nSPS) is 11.5. The van der Waals surface area contributed by atoms with Crippen molar-refractivity contribution >= 4 is 27.3 Å². The molecule has 0 aliphatic rings. The molecule has 136 valence electrons. The molecule has 0 aliphatic carbocycles. The van der Waals surface area contributed by atoms with E-state index in [1.165, 1.54) is 10.6 Å². The van der Waals surface area contributed by atoms with E-state index in [0.29, 0.717) is 12.2 Å². The molecule has 0 saturated heterocycles. The lowest BCUT2D eigenvalue weighted by molar-refractivity contribution is -0.116. The zero-order valence-corrected chi connectivity index (χ0v) is 15.9. The number of carbonyl (C=O) groups excluding carboxylic acids is 1. The standard InChI is InChI=1S/C17H29N3O3S/c1-5-6-7-13-20(24(4,22)23)14-12-17(21)18-15-8-10-16(11-9-15)19(2)3/h8-11H,5-7,12-14H2,1-4H3,(H,18,21). The summed E-state index contributed by atoms with van der Waals surface area (Å²) in [6, 6.07) is 7.51. The highest BCUT2D eigenvalue weighted by molar-refractivity contribution is 7.88. The van der Waals surface area contributed by atoms with Crippen molar-refractivity contribution in [3.8, 4) is 0 Å². The van der Waals surface area contributed by atoms with Crippen molar-refractivity contribution in [3.05, 3.63) is 24.3 Å². The third-order valence-electron chi connectivity index (χ3n) is 3.74. The number of hydrogen-bond donors (Lipinski definition) is 1. The van der Waals surface area contributed by atoms with Crippen molar-refractivity contribution < 1.29 is 13.2 Å². The first kappa shape index (κ1) is 20.4. The van der Waals surface area contributed by atoms with E-state index < -0.39 is 10.0 Å². The number of unbranched alkanes of at least 4 members (excludes halogenated alkanes) is 2. The minimum Gasteiger partial charge on any atom is -0.378 e. The Morgan fingerprint density at radius 3 is 2.21 bits per heavy atom. The van der Waals surface area contributed by atoms with Gasteiger partial charge in [-0.3, -0.25) is 4.79 Å². The number of nitrogens with one attached hydrogen (secondary N) is 1. The van der Waals surface area contributed by atoms with Crippen molar-refractivity contribution in [1.29, 1.82) is 0 Å². The summed E-state index contributed by atoms with van der Waals surface area (Å²) in [5, 5.41) is 2.80. The Bertz CT molecular complexity index is 612. The fourth-order valence-electron chi connectivity index (χ4n) is 2.27. The van der Waals surface area contributed by atoms with Crippen LogP contribution in [0.3, 0.4) is 0 Å². The van der Waals surface area contributed by atoms with E-state index in [0.717, 1.165) is 24.9 Å². The Balaban J connectivity index is 2.53. The second-order valence-electron chi connectivity index (χ2n) is 6.11. The number of carbonyl (C=O) groups is 1. The van der Waals surface area contributed by atoms with Gasteiger partial charge in [0.15, 0.2) is 0 Å². The highest BCUT2D eigenvalue weighted by Crippen LogP contribution is 2.16. The van der Waals surface area contributed by atoms with E-state index in [2.05, 4.69) is 12.2 Å². The van der Waals surface area contributed by atoms with E-state index in [4.69, 9.17) is 0 Å². The molecule has 1 aromatic carbocycles. The lowest BCUT2D eigenvalue weighted by Crippen LogP contribution is -2.33. The van der Waals surface area contributed by atoms with Crippen molar-refractivity contribution in [2.24, 2.45) is 0 Å². The second kappa shape index (κ2) is 9.64. The molecule has 0 saturated carbocycles. The van der Waals surface area contributed by atoms with Crippen molar-refractivity contribution in [1.82, 2.24) is 4.31 Å². The maximum Gasteiger partial charge on any atom is 0.225 e. The maximum atomic E-state index is 12.0. The molecule has 1 rings (SSSR count). The Kier molecular flexibility index (Phi) is 8.21. The summed E-state index contributed by atoms with van der Waals surface area (Å²) in [6.45, 7) is 2.75. The van der Waals surface area contributed by atoms with Crippen molar-refractivity contribution in [3.63, 3.8) is 0 Å². The van der Waals surface area contributed by atoms with Gasteiger partial charge in [-0.2, -0.15) is 0 Å². The fourth-order valence-corrected chi connectivity index (χ4v) is 3.16. The first-order valence-corrected chi connectivity index (χ1v) is 10.1. The fraction of sp³-hybridized carbons (Fsp3) is 0.588. The maximum absolute atomic E-state index is 12.0. The zero-order valence-electron chi connectivity index (χ0n) is 15.1. The van der Waals surface area contributed by atoms with Crippen LogP contribution in [0.1, 0.15) is 32.6 Å². The van der Waals surface area contributed by atoms with Gasteiger partial charge in [-0.15, -0.1) is 0 Å². The van der Waals surface area contributed by atoms with Crippen LogP contribution in [0.15, 0.2) is 24.3 Å². The number of rotatable bonds is 10. The molecule has 1 aromatic rings. The molecule has 1 amide bonds. The van der Waals surface area contributed by atoms with Crippen LogP contribution >= 0.6 is 0 Å². The van der Waals surface area contributed by atoms with Crippen LogP contribution < -0.4 is 10.2 Å². The molecular weight excluding hydrogens is 326 g/mol. The van der Waals surface area contributed by atoms with Crippen LogP contribution in [0.2, 0.25) is 0 Å². The summed E-state index contributed by atoms with van der Waals surface area (Å²) in [4.78, 5) is 14.0. The van der Waals surface area contributed by atoms with E-state index in [9.17, 15) is 13.2 Å². The summed E-state index contributed by atoms with van der Waals surface area (Å²) < 4.78 is 25.0. The topological polar surface area (TPSA) is 69.7 Å². The third kappa shape index (κ3) is 7.31. The number of anilines is 2. The number of benzene rings is 1. The quantitative estimate of drug-likeness (QED) is 0.655. The van der Waals surface area contributed by atoms with Gasteiger partial charge in [-0.1, -0.05) is 19.8 Å². The van der Waals surface area contributed by atoms with Crippen molar-refractivity contribution in [2.75, 3.05) is 43.7 Å². The van der Waals surface area contributed by atoms with Gasteiger partial charge in [0, 0.05) is 45.0 Å². The Labute approximate surface area is 145 Å². The van der Waals surface area contributed by atoms with E-state index in [1.54, 1.807) is 0 Å². The van der Waals surface area contributed by atoms with Gasteiger partial charge >= 0.3 is 0 Å². The summed E-state index contributed by atoms with van der Waals surface area (Å²) in [7, 11) is 0.619. The van der Waals surface area contributed by atoms with Gasteiger partial charge in [0.1, 0.15) is 0 Å². The van der Waals surface area contributed by atoms with Crippen LogP contribution in [-0.2, 0) is 14.8 Å². The molecule has 1 N–H and O–H groups in total. The predicted octanol–water partition coefficient (Wildman–Crippen LogP) is 2.53. The Hall–Kier alpha value is -1.60. The largest absolute Gasteiger partial charge is 0.378 e. The molecule has 0 fully saturated rings. The van der Waals surface area contributed by atoms with Gasteiger partial charge in [-0.05, 0) is 30.7 Å². The zero-order chi connectivity index (χ0) is 18.2. The summed E-state index contributed by atoms with van der Waals surface area (Å²) in [5.41, 5.74) is 1.76. The van der Waals surface area contributed by atoms with Crippen LogP contribution in [-0.4, -0.2) is 52.1 Å². The molecule has 24 heavy (non-hydrogen) atoms. The van der Waals surface area contributed by atoms with Gasteiger partial charge in [0.2, 0.25) is 15.9 Å². The van der Waals surface area contributed by atoms with Gasteiger partial charge in [0.05, 0.1) is 6.26 Å². The third-order valence-corrected chi connectivity index (χ3v) is 5.04. The number of sulfonamides is 1. The SMILES string of the molecule is CCCCCN(CCC(=O)Nc1ccc(N(C)C)cc1)S(C)(=O)=O. The van der Waals surface area contributed by atoms with Gasteiger partial charge in [0.25, 0.3) is 0 Å². The summed E-state index contributed by atoms with van der Waals surface area (Å²) in [6.07, 6.45) is 4.17. The average Bonchev–Trinajstić information content (AvgIpc) is 2.50. The summed E-state index contributed by atoms with van der Waals surface area (Å²) >= 11 is 0. The highest BCUT2D eigenvalue weighted by Gasteiger charge is 2.17. The molecular formula is C17H29N3O3S. The van der Waals surface area contributed by atoms with Crippen LogP contribution in [0.25, 0.3) is 0 Å². The van der Waals surface area contributed by atoms with Crippen LogP contribution in [0.4, 0.5) is 11.4 Å². The minimum absolute atomic E-state index is 0.147. The molecule has 6 nitrogen and oxygen atoms in total. The minimum atomic E-state index is -3.28. The van der Waals surface area contributed by atoms with Crippen molar-refractivity contribution in [2.45, 2.75) is 32.6 Å². The molecule has 0 spiro atoms. The molecule has 0 bridgehead atoms. The number of amides is 1. The van der Waals surface area contributed by atoms with Gasteiger partial charge < -0.3 is 10.2 Å². The lowest BCUT2D eigenvalue weighted by Gasteiger charge is -2.19. The molecule has 0 heterocycles. The number of nitrogens with zero attached hydrogens (tertiary/aromatic N) is 2. The predicted molar refractivity (Wildman–Crippen MR) is 100.0 cm³/mol. The first-order chi connectivity index (χ1) is 11.2.